The first-order chi connectivity index (χ1) is 10.2. The van der Waals surface area contributed by atoms with Crippen molar-refractivity contribution in [1.29, 1.82) is 0 Å². The molecule has 1 aromatic carbocycles. The van der Waals surface area contributed by atoms with Gasteiger partial charge >= 0.3 is 0 Å². The number of carbonyl (C=O) groups excluding carboxylic acids is 1. The number of amides is 1. The Balaban J connectivity index is 1.42. The van der Waals surface area contributed by atoms with Gasteiger partial charge in [0, 0.05) is 18.5 Å². The molecular weight excluding hydrogens is 260 g/mol. The molecule has 2 atom stereocenters. The normalized spacial score (nSPS) is 23.0. The molecule has 0 radical (unpaired) electrons. The minimum atomic E-state index is -0.0975. The standard InChI is InChI=1S/C18H26N2O/c1-13(18(21)20-16-8-3-2-4-9-16)19-12-15-11-14-7-5-6-10-17(14)15/h5-7,10,13,15-16,19H,2-4,8-9,11-12H2,1H3,(H,20,21). The number of carbonyl (C=O) groups is 1. The zero-order valence-corrected chi connectivity index (χ0v) is 12.9. The van der Waals surface area contributed by atoms with Gasteiger partial charge in [-0.1, -0.05) is 43.5 Å². The molecular formula is C18H26N2O. The third-order valence-corrected chi connectivity index (χ3v) is 4.98. The highest BCUT2D eigenvalue weighted by atomic mass is 16.2. The van der Waals surface area contributed by atoms with Crippen molar-refractivity contribution in [2.24, 2.45) is 0 Å². The Bertz CT molecular complexity index is 494. The van der Waals surface area contributed by atoms with E-state index >= 15 is 0 Å². The summed E-state index contributed by atoms with van der Waals surface area (Å²) in [7, 11) is 0. The molecule has 0 aromatic heterocycles. The second-order valence-electron chi connectivity index (χ2n) is 6.57. The van der Waals surface area contributed by atoms with E-state index in [4.69, 9.17) is 0 Å². The SMILES string of the molecule is CC(NCC1Cc2ccccc21)C(=O)NC1CCCCC1. The van der Waals surface area contributed by atoms with Crippen LogP contribution in [0.3, 0.4) is 0 Å². The summed E-state index contributed by atoms with van der Waals surface area (Å²) in [5.41, 5.74) is 2.91. The highest BCUT2D eigenvalue weighted by Crippen LogP contribution is 2.34. The molecule has 1 amide bonds. The largest absolute Gasteiger partial charge is 0.352 e. The highest BCUT2D eigenvalue weighted by Gasteiger charge is 2.26. The Morgan fingerprint density at radius 1 is 1.24 bits per heavy atom. The number of hydrogen-bond donors (Lipinski definition) is 2. The Morgan fingerprint density at radius 3 is 2.76 bits per heavy atom. The second-order valence-corrected chi connectivity index (χ2v) is 6.57. The number of nitrogens with one attached hydrogen (secondary N) is 2. The molecule has 3 heteroatoms. The predicted molar refractivity (Wildman–Crippen MR) is 85.4 cm³/mol. The maximum absolute atomic E-state index is 12.2. The number of benzene rings is 1. The molecule has 2 unspecified atom stereocenters. The summed E-state index contributed by atoms with van der Waals surface area (Å²) in [5, 5.41) is 6.60. The van der Waals surface area contributed by atoms with Gasteiger partial charge in [-0.3, -0.25) is 4.79 Å². The lowest BCUT2D eigenvalue weighted by Crippen LogP contribution is -2.48. The van der Waals surface area contributed by atoms with Crippen molar-refractivity contribution in [3.05, 3.63) is 35.4 Å². The van der Waals surface area contributed by atoms with Gasteiger partial charge in [-0.2, -0.15) is 0 Å². The number of hydrogen-bond acceptors (Lipinski definition) is 2. The van der Waals surface area contributed by atoms with Crippen LogP contribution in [0.2, 0.25) is 0 Å². The van der Waals surface area contributed by atoms with Gasteiger partial charge in [0.15, 0.2) is 0 Å². The van der Waals surface area contributed by atoms with Gasteiger partial charge in [-0.05, 0) is 37.3 Å². The van der Waals surface area contributed by atoms with Crippen LogP contribution >= 0.6 is 0 Å². The summed E-state index contributed by atoms with van der Waals surface area (Å²) in [6, 6.07) is 8.91. The molecule has 2 aliphatic rings. The summed E-state index contributed by atoms with van der Waals surface area (Å²) < 4.78 is 0. The maximum atomic E-state index is 12.2. The van der Waals surface area contributed by atoms with Crippen LogP contribution in [0.15, 0.2) is 24.3 Å². The van der Waals surface area contributed by atoms with Gasteiger partial charge in [0.2, 0.25) is 5.91 Å². The van der Waals surface area contributed by atoms with Gasteiger partial charge in [-0.15, -0.1) is 0 Å². The average Bonchev–Trinajstić information content (AvgIpc) is 2.49. The third kappa shape index (κ3) is 3.46. The highest BCUT2D eigenvalue weighted by molar-refractivity contribution is 5.81. The number of rotatable bonds is 5. The molecule has 0 saturated heterocycles. The lowest BCUT2D eigenvalue weighted by Gasteiger charge is -2.31. The van der Waals surface area contributed by atoms with E-state index in [0.717, 1.165) is 25.8 Å². The van der Waals surface area contributed by atoms with Crippen molar-refractivity contribution >= 4 is 5.91 Å². The van der Waals surface area contributed by atoms with Gasteiger partial charge in [-0.25, -0.2) is 0 Å². The van der Waals surface area contributed by atoms with Crippen molar-refractivity contribution in [2.75, 3.05) is 6.54 Å². The zero-order chi connectivity index (χ0) is 14.7. The van der Waals surface area contributed by atoms with E-state index < -0.39 is 0 Å². The quantitative estimate of drug-likeness (QED) is 0.874. The minimum absolute atomic E-state index is 0.0975. The molecule has 0 spiro atoms. The van der Waals surface area contributed by atoms with Crippen LogP contribution in [0.1, 0.15) is 56.1 Å². The zero-order valence-electron chi connectivity index (χ0n) is 12.9. The topological polar surface area (TPSA) is 41.1 Å². The molecule has 0 bridgehead atoms. The fourth-order valence-corrected chi connectivity index (χ4v) is 3.53. The van der Waals surface area contributed by atoms with Crippen LogP contribution in [-0.4, -0.2) is 24.5 Å². The molecule has 0 aliphatic heterocycles. The van der Waals surface area contributed by atoms with E-state index in [1.165, 1.54) is 30.4 Å². The van der Waals surface area contributed by atoms with Crippen LogP contribution in [0.5, 0.6) is 0 Å². The van der Waals surface area contributed by atoms with Crippen LogP contribution < -0.4 is 10.6 Å². The van der Waals surface area contributed by atoms with E-state index in [-0.39, 0.29) is 11.9 Å². The Labute approximate surface area is 127 Å². The first-order valence-corrected chi connectivity index (χ1v) is 8.35. The first-order valence-electron chi connectivity index (χ1n) is 8.35. The smallest absolute Gasteiger partial charge is 0.237 e. The average molecular weight is 286 g/mol. The summed E-state index contributed by atoms with van der Waals surface area (Å²) in [5.74, 6) is 0.737. The molecule has 1 fully saturated rings. The van der Waals surface area contributed by atoms with Crippen molar-refractivity contribution in [3.8, 4) is 0 Å². The monoisotopic (exact) mass is 286 g/mol. The fourth-order valence-electron chi connectivity index (χ4n) is 3.53. The predicted octanol–water partition coefficient (Wildman–Crippen LogP) is 2.75. The Morgan fingerprint density at radius 2 is 2.00 bits per heavy atom. The van der Waals surface area contributed by atoms with E-state index in [1.807, 2.05) is 6.92 Å². The van der Waals surface area contributed by atoms with E-state index in [0.29, 0.717) is 12.0 Å². The molecule has 1 saturated carbocycles. The van der Waals surface area contributed by atoms with E-state index in [9.17, 15) is 4.79 Å². The molecule has 3 nitrogen and oxygen atoms in total. The summed E-state index contributed by atoms with van der Waals surface area (Å²) in [6.07, 6.45) is 7.27. The van der Waals surface area contributed by atoms with Crippen molar-refractivity contribution in [3.63, 3.8) is 0 Å². The molecule has 2 aliphatic carbocycles. The van der Waals surface area contributed by atoms with Crippen LogP contribution in [0.4, 0.5) is 0 Å². The van der Waals surface area contributed by atoms with E-state index in [2.05, 4.69) is 34.9 Å². The van der Waals surface area contributed by atoms with Crippen LogP contribution in [-0.2, 0) is 11.2 Å². The van der Waals surface area contributed by atoms with Gasteiger partial charge in [0.25, 0.3) is 0 Å². The van der Waals surface area contributed by atoms with Crippen LogP contribution in [0.25, 0.3) is 0 Å². The Kier molecular flexibility index (Phi) is 4.59. The van der Waals surface area contributed by atoms with Gasteiger partial charge in [0.05, 0.1) is 6.04 Å². The maximum Gasteiger partial charge on any atom is 0.237 e. The molecule has 1 aromatic rings. The molecule has 21 heavy (non-hydrogen) atoms. The summed E-state index contributed by atoms with van der Waals surface area (Å²) in [4.78, 5) is 12.2. The van der Waals surface area contributed by atoms with Crippen LogP contribution in [0, 0.1) is 0 Å². The van der Waals surface area contributed by atoms with Gasteiger partial charge < -0.3 is 10.6 Å². The third-order valence-electron chi connectivity index (χ3n) is 4.98. The lowest BCUT2D eigenvalue weighted by molar-refractivity contribution is -0.123. The summed E-state index contributed by atoms with van der Waals surface area (Å²) >= 11 is 0. The van der Waals surface area contributed by atoms with E-state index in [1.54, 1.807) is 0 Å². The molecule has 3 rings (SSSR count). The van der Waals surface area contributed by atoms with Crippen molar-refractivity contribution in [2.45, 2.75) is 63.5 Å². The van der Waals surface area contributed by atoms with Crippen molar-refractivity contribution in [1.82, 2.24) is 10.6 Å². The van der Waals surface area contributed by atoms with Crippen molar-refractivity contribution < 1.29 is 4.79 Å². The molecule has 114 valence electrons. The first kappa shape index (κ1) is 14.6. The summed E-state index contributed by atoms with van der Waals surface area (Å²) in [6.45, 7) is 2.87. The molecule has 2 N–H and O–H groups in total. The second kappa shape index (κ2) is 6.61. The fraction of sp³-hybridized carbons (Fsp3) is 0.611. The minimum Gasteiger partial charge on any atom is -0.352 e. The molecule has 0 heterocycles. The van der Waals surface area contributed by atoms with Gasteiger partial charge in [0.1, 0.15) is 0 Å². The lowest BCUT2D eigenvalue weighted by atomic mass is 9.77. The number of fused-ring (bicyclic) bond motifs is 1. The Hall–Kier alpha value is -1.35.